The topological polar surface area (TPSA) is 57.6 Å². The fourth-order valence-electron chi connectivity index (χ4n) is 2.29. The van der Waals surface area contributed by atoms with Crippen LogP contribution in [0.15, 0.2) is 66.7 Å². The Morgan fingerprint density at radius 3 is 1.89 bits per heavy atom. The zero-order valence-electron chi connectivity index (χ0n) is 16.1. The van der Waals surface area contributed by atoms with Crippen molar-refractivity contribution in [3.8, 4) is 0 Å². The lowest BCUT2D eigenvalue weighted by atomic mass is 10.0. The van der Waals surface area contributed by atoms with Crippen molar-refractivity contribution >= 4 is 28.7 Å². The molecule has 0 heterocycles. The highest BCUT2D eigenvalue weighted by molar-refractivity contribution is 8.93. The van der Waals surface area contributed by atoms with Crippen LogP contribution in [0.1, 0.15) is 41.3 Å². The summed E-state index contributed by atoms with van der Waals surface area (Å²) in [5.41, 5.74) is 2.98. The summed E-state index contributed by atoms with van der Waals surface area (Å²) in [7, 11) is 4.06. The summed E-state index contributed by atoms with van der Waals surface area (Å²) in [4.78, 5) is 24.3. The van der Waals surface area contributed by atoms with Gasteiger partial charge in [0.2, 0.25) is 0 Å². The molecule has 0 radical (unpaired) electrons. The number of carboxylic acids is 1. The maximum Gasteiger partial charge on any atom is 0.330 e. The minimum Gasteiger partial charge on any atom is -0.478 e. The van der Waals surface area contributed by atoms with Gasteiger partial charge < -0.3 is 10.0 Å². The quantitative estimate of drug-likeness (QED) is 0.493. The largest absolute Gasteiger partial charge is 0.478 e. The van der Waals surface area contributed by atoms with Crippen molar-refractivity contribution in [2.45, 2.75) is 26.3 Å². The highest BCUT2D eigenvalue weighted by Gasteiger charge is 2.08. The van der Waals surface area contributed by atoms with Crippen LogP contribution in [-0.2, 0) is 11.3 Å². The number of aliphatic carboxylic acids is 1. The van der Waals surface area contributed by atoms with E-state index >= 15 is 0 Å². The van der Waals surface area contributed by atoms with E-state index in [1.165, 1.54) is 5.56 Å². The number of carbonyl (C=O) groups is 2. The average molecular weight is 434 g/mol. The molecule has 2 rings (SSSR count). The van der Waals surface area contributed by atoms with E-state index in [1.807, 2.05) is 75.6 Å². The Morgan fingerprint density at radius 2 is 1.48 bits per heavy atom. The summed E-state index contributed by atoms with van der Waals surface area (Å²) < 4.78 is 0. The first-order valence-corrected chi connectivity index (χ1v) is 8.59. The highest BCUT2D eigenvalue weighted by Crippen LogP contribution is 2.11. The van der Waals surface area contributed by atoms with Gasteiger partial charge in [0, 0.05) is 23.2 Å². The molecule has 0 unspecified atom stereocenters. The van der Waals surface area contributed by atoms with Crippen LogP contribution in [0.25, 0.3) is 0 Å². The fraction of sp³-hybridized carbons (Fsp3) is 0.273. The number of nitrogens with zero attached hydrogens (tertiary/aromatic N) is 1. The molecule has 0 aliphatic carbocycles. The van der Waals surface area contributed by atoms with Gasteiger partial charge in [0.1, 0.15) is 0 Å². The molecular weight excluding hydrogens is 406 g/mol. The van der Waals surface area contributed by atoms with E-state index in [0.29, 0.717) is 12.0 Å². The van der Waals surface area contributed by atoms with Crippen LogP contribution >= 0.6 is 17.0 Å². The van der Waals surface area contributed by atoms with Gasteiger partial charge in [-0.15, -0.1) is 17.0 Å². The van der Waals surface area contributed by atoms with Gasteiger partial charge in [-0.1, -0.05) is 74.5 Å². The van der Waals surface area contributed by atoms with Crippen LogP contribution in [0.3, 0.4) is 0 Å². The molecule has 0 amide bonds. The minimum atomic E-state index is -0.883. The van der Waals surface area contributed by atoms with Crippen molar-refractivity contribution in [3.63, 3.8) is 0 Å². The van der Waals surface area contributed by atoms with Crippen molar-refractivity contribution < 1.29 is 14.7 Å². The van der Waals surface area contributed by atoms with E-state index in [0.717, 1.165) is 24.1 Å². The first-order valence-electron chi connectivity index (χ1n) is 8.59. The van der Waals surface area contributed by atoms with Crippen LogP contribution in [0.5, 0.6) is 0 Å². The molecule has 1 N–H and O–H groups in total. The van der Waals surface area contributed by atoms with E-state index < -0.39 is 5.97 Å². The summed E-state index contributed by atoms with van der Waals surface area (Å²) >= 11 is 0. The lowest BCUT2D eigenvalue weighted by molar-refractivity contribution is -0.132. The normalized spacial score (nSPS) is 9.63. The first-order chi connectivity index (χ1) is 12.3. The molecule has 0 atom stereocenters. The maximum atomic E-state index is 12.2. The van der Waals surface area contributed by atoms with Gasteiger partial charge in [-0.25, -0.2) is 4.79 Å². The molecule has 4 nitrogen and oxygen atoms in total. The number of rotatable bonds is 7. The summed E-state index contributed by atoms with van der Waals surface area (Å²) in [6.07, 6.45) is 1.44. The Kier molecular flexibility index (Phi) is 11.9. The second-order valence-electron chi connectivity index (χ2n) is 6.29. The third-order valence-corrected chi connectivity index (χ3v) is 3.61. The van der Waals surface area contributed by atoms with E-state index in [-0.39, 0.29) is 22.8 Å². The molecule has 0 aliphatic rings. The van der Waals surface area contributed by atoms with Gasteiger partial charge in [0.25, 0.3) is 0 Å². The molecule has 27 heavy (non-hydrogen) atoms. The monoisotopic (exact) mass is 433 g/mol. The van der Waals surface area contributed by atoms with Gasteiger partial charge in [-0.05, 0) is 26.1 Å². The summed E-state index contributed by atoms with van der Waals surface area (Å²) in [5, 5.41) is 8.21. The summed E-state index contributed by atoms with van der Waals surface area (Å²) in [6, 6.07) is 17.2. The van der Waals surface area contributed by atoms with E-state index in [1.54, 1.807) is 0 Å². The maximum absolute atomic E-state index is 12.2. The van der Waals surface area contributed by atoms with Crippen LogP contribution in [0.4, 0.5) is 0 Å². The average Bonchev–Trinajstić information content (AvgIpc) is 2.63. The van der Waals surface area contributed by atoms with Crippen LogP contribution in [0, 0.1) is 0 Å². The molecular formula is C22H28BrNO3. The third kappa shape index (κ3) is 9.31. The number of hydrogen-bond acceptors (Lipinski definition) is 3. The SMILES string of the molecule is Br.C=C(CCC)C(=O)O.CN(C)Cc1ccc(C(=O)c2ccccc2)cc1. The number of carbonyl (C=O) groups excluding carboxylic acids is 1. The van der Waals surface area contributed by atoms with E-state index in [9.17, 15) is 9.59 Å². The van der Waals surface area contributed by atoms with Gasteiger partial charge in [0.15, 0.2) is 5.78 Å². The Hall–Kier alpha value is -2.24. The first kappa shape index (κ1) is 24.8. The van der Waals surface area contributed by atoms with Gasteiger partial charge >= 0.3 is 5.97 Å². The van der Waals surface area contributed by atoms with Gasteiger partial charge in [-0.3, -0.25) is 4.79 Å². The zero-order valence-corrected chi connectivity index (χ0v) is 17.9. The zero-order chi connectivity index (χ0) is 19.5. The number of ketones is 1. The lowest BCUT2D eigenvalue weighted by Gasteiger charge is -2.09. The molecule has 0 fully saturated rings. The molecule has 146 valence electrons. The van der Waals surface area contributed by atoms with Crippen molar-refractivity contribution in [1.82, 2.24) is 4.90 Å². The molecule has 0 bridgehead atoms. The predicted octanol–water partition coefficient (Wildman–Crippen LogP) is 4.98. The number of benzene rings is 2. The second kappa shape index (κ2) is 13.0. The standard InChI is InChI=1S/C16H17NO.C6H10O2.BrH/c1-17(2)12-13-8-10-15(11-9-13)16(18)14-6-4-3-5-7-14;1-3-4-5(2)6(7)8;/h3-11H,12H2,1-2H3;2-4H2,1H3,(H,7,8);1H. The molecule has 0 spiro atoms. The third-order valence-electron chi connectivity index (χ3n) is 3.61. The van der Waals surface area contributed by atoms with Gasteiger partial charge in [-0.2, -0.15) is 0 Å². The molecule has 0 aromatic heterocycles. The molecule has 0 saturated carbocycles. The summed E-state index contributed by atoms with van der Waals surface area (Å²) in [6.45, 7) is 6.16. The van der Waals surface area contributed by atoms with Crippen molar-refractivity contribution in [2.75, 3.05) is 14.1 Å². The minimum absolute atomic E-state index is 0. The Morgan fingerprint density at radius 1 is 0.963 bits per heavy atom. The second-order valence-corrected chi connectivity index (χ2v) is 6.29. The smallest absolute Gasteiger partial charge is 0.330 e. The number of hydrogen-bond donors (Lipinski definition) is 1. The Bertz CT molecular complexity index is 725. The van der Waals surface area contributed by atoms with E-state index in [4.69, 9.17) is 5.11 Å². The predicted molar refractivity (Wildman–Crippen MR) is 116 cm³/mol. The Balaban J connectivity index is 0.000000645. The molecule has 0 saturated heterocycles. The van der Waals surface area contributed by atoms with Crippen LogP contribution in [-0.4, -0.2) is 35.9 Å². The highest BCUT2D eigenvalue weighted by atomic mass is 79.9. The fourth-order valence-corrected chi connectivity index (χ4v) is 2.29. The van der Waals surface area contributed by atoms with Gasteiger partial charge in [0.05, 0.1) is 0 Å². The van der Waals surface area contributed by atoms with Crippen molar-refractivity contribution in [3.05, 3.63) is 83.4 Å². The van der Waals surface area contributed by atoms with E-state index in [2.05, 4.69) is 11.5 Å². The number of halogens is 1. The van der Waals surface area contributed by atoms with Crippen molar-refractivity contribution in [1.29, 1.82) is 0 Å². The van der Waals surface area contributed by atoms with Crippen molar-refractivity contribution in [2.24, 2.45) is 0 Å². The molecule has 0 aliphatic heterocycles. The molecule has 5 heteroatoms. The lowest BCUT2D eigenvalue weighted by Crippen LogP contribution is -2.10. The Labute approximate surface area is 172 Å². The van der Waals surface area contributed by atoms with Crippen LogP contribution < -0.4 is 0 Å². The molecule has 2 aromatic carbocycles. The summed E-state index contributed by atoms with van der Waals surface area (Å²) in [5.74, 6) is -0.807. The molecule has 2 aromatic rings. The number of carboxylic acid groups (broad SMARTS) is 1. The van der Waals surface area contributed by atoms with Crippen LogP contribution in [0.2, 0.25) is 0 Å².